The fourth-order valence-corrected chi connectivity index (χ4v) is 2.17. The Morgan fingerprint density at radius 2 is 1.61 bits per heavy atom. The van der Waals surface area contributed by atoms with Gasteiger partial charge in [0.25, 0.3) is 5.56 Å². The highest BCUT2D eigenvalue weighted by Crippen LogP contribution is 2.15. The van der Waals surface area contributed by atoms with Crippen LogP contribution < -0.4 is 5.56 Å². The highest BCUT2D eigenvalue weighted by molar-refractivity contribution is 6.29. The first-order valence-electron chi connectivity index (χ1n) is 5.50. The highest BCUT2D eigenvalue weighted by atomic mass is 35.5. The second-order valence-electron chi connectivity index (χ2n) is 3.87. The molecule has 0 atom stereocenters. The van der Waals surface area contributed by atoms with E-state index in [0.717, 1.165) is 0 Å². The summed E-state index contributed by atoms with van der Waals surface area (Å²) < 4.78 is 1.41. The van der Waals surface area contributed by atoms with Crippen molar-refractivity contribution in [2.45, 2.75) is 0 Å². The van der Waals surface area contributed by atoms with Crippen LogP contribution in [-0.4, -0.2) is 9.55 Å². The molecule has 3 nitrogen and oxygen atoms in total. The molecule has 0 saturated heterocycles. The van der Waals surface area contributed by atoms with Gasteiger partial charge in [-0.05, 0) is 35.9 Å². The van der Waals surface area contributed by atoms with E-state index >= 15 is 0 Å². The van der Waals surface area contributed by atoms with E-state index in [1.165, 1.54) is 4.57 Å². The van der Waals surface area contributed by atoms with E-state index < -0.39 is 0 Å². The molecule has 0 saturated carbocycles. The molecule has 0 amide bonds. The first-order valence-corrected chi connectivity index (χ1v) is 5.88. The van der Waals surface area contributed by atoms with Crippen molar-refractivity contribution in [1.29, 1.82) is 0 Å². The SMILES string of the molecule is O=c1c2ccccc2nc(Cl)n1-c1ccccc1. The average Bonchev–Trinajstić information content (AvgIpc) is 2.40. The van der Waals surface area contributed by atoms with Gasteiger partial charge in [-0.3, -0.25) is 9.36 Å². The molecule has 3 rings (SSSR count). The normalized spacial score (nSPS) is 10.7. The maximum absolute atomic E-state index is 12.4. The Morgan fingerprint density at radius 3 is 2.39 bits per heavy atom. The van der Waals surface area contributed by atoms with Gasteiger partial charge >= 0.3 is 0 Å². The highest BCUT2D eigenvalue weighted by Gasteiger charge is 2.09. The van der Waals surface area contributed by atoms with Crippen LogP contribution in [-0.2, 0) is 0 Å². The molecule has 2 aromatic carbocycles. The van der Waals surface area contributed by atoms with Crippen LogP contribution >= 0.6 is 11.6 Å². The van der Waals surface area contributed by atoms with E-state index in [9.17, 15) is 4.79 Å². The van der Waals surface area contributed by atoms with Crippen LogP contribution in [0.25, 0.3) is 16.6 Å². The quantitative estimate of drug-likeness (QED) is 0.627. The Hall–Kier alpha value is -2.13. The number of para-hydroxylation sites is 2. The zero-order valence-corrected chi connectivity index (χ0v) is 10.1. The van der Waals surface area contributed by atoms with Gasteiger partial charge in [0.1, 0.15) is 0 Å². The summed E-state index contributed by atoms with van der Waals surface area (Å²) in [4.78, 5) is 16.6. The van der Waals surface area contributed by atoms with Gasteiger partial charge in [0.2, 0.25) is 5.28 Å². The van der Waals surface area contributed by atoms with Gasteiger partial charge in [-0.15, -0.1) is 0 Å². The first-order chi connectivity index (χ1) is 8.77. The summed E-state index contributed by atoms with van der Waals surface area (Å²) in [5.41, 5.74) is 1.17. The van der Waals surface area contributed by atoms with Crippen molar-refractivity contribution >= 4 is 22.5 Å². The van der Waals surface area contributed by atoms with E-state index in [1.54, 1.807) is 12.1 Å². The van der Waals surface area contributed by atoms with Crippen LogP contribution in [0.5, 0.6) is 0 Å². The average molecular weight is 257 g/mol. The van der Waals surface area contributed by atoms with Gasteiger partial charge in [-0.25, -0.2) is 4.98 Å². The fourth-order valence-electron chi connectivity index (χ4n) is 1.91. The van der Waals surface area contributed by atoms with Gasteiger partial charge < -0.3 is 0 Å². The molecule has 0 unspecified atom stereocenters. The van der Waals surface area contributed by atoms with Gasteiger partial charge in [0, 0.05) is 0 Å². The molecule has 18 heavy (non-hydrogen) atoms. The summed E-state index contributed by atoms with van der Waals surface area (Å²) in [6, 6.07) is 16.4. The minimum atomic E-state index is -0.156. The summed E-state index contributed by atoms with van der Waals surface area (Å²) in [6.07, 6.45) is 0. The molecular weight excluding hydrogens is 248 g/mol. The number of benzene rings is 2. The van der Waals surface area contributed by atoms with Crippen LogP contribution in [0.4, 0.5) is 0 Å². The summed E-state index contributed by atoms with van der Waals surface area (Å²) >= 11 is 6.09. The monoisotopic (exact) mass is 256 g/mol. The smallest absolute Gasteiger partial charge is 0.266 e. The Bertz CT molecular complexity index is 766. The van der Waals surface area contributed by atoms with Gasteiger partial charge in [-0.1, -0.05) is 30.3 Å². The molecule has 3 aromatic rings. The van der Waals surface area contributed by atoms with Crippen molar-refractivity contribution in [3.8, 4) is 5.69 Å². The third-order valence-corrected chi connectivity index (χ3v) is 3.00. The molecule has 0 radical (unpaired) electrons. The predicted molar refractivity (Wildman–Crippen MR) is 72.4 cm³/mol. The van der Waals surface area contributed by atoms with Crippen molar-refractivity contribution in [3.63, 3.8) is 0 Å². The molecule has 0 aliphatic rings. The maximum atomic E-state index is 12.4. The summed E-state index contributed by atoms with van der Waals surface area (Å²) in [7, 11) is 0. The summed E-state index contributed by atoms with van der Waals surface area (Å²) in [5, 5.41) is 0.732. The molecule has 0 fully saturated rings. The van der Waals surface area contributed by atoms with E-state index in [0.29, 0.717) is 16.6 Å². The van der Waals surface area contributed by atoms with Crippen molar-refractivity contribution in [2.75, 3.05) is 0 Å². The molecule has 1 aromatic heterocycles. The molecule has 88 valence electrons. The predicted octanol–water partition coefficient (Wildman–Crippen LogP) is 3.04. The Morgan fingerprint density at radius 1 is 0.944 bits per heavy atom. The third kappa shape index (κ3) is 1.69. The van der Waals surface area contributed by atoms with E-state index in [1.807, 2.05) is 42.5 Å². The Labute approximate surface area is 108 Å². The van der Waals surface area contributed by atoms with Crippen molar-refractivity contribution in [2.24, 2.45) is 0 Å². The zero-order chi connectivity index (χ0) is 12.5. The van der Waals surface area contributed by atoms with Crippen molar-refractivity contribution in [3.05, 3.63) is 70.2 Å². The van der Waals surface area contributed by atoms with Gasteiger partial charge in [0.05, 0.1) is 16.6 Å². The first kappa shape index (κ1) is 11.0. The van der Waals surface area contributed by atoms with Crippen LogP contribution in [0.15, 0.2) is 59.4 Å². The molecule has 0 aliphatic heterocycles. The number of aromatic nitrogens is 2. The van der Waals surface area contributed by atoms with E-state index in [4.69, 9.17) is 11.6 Å². The van der Waals surface area contributed by atoms with Gasteiger partial charge in [0.15, 0.2) is 0 Å². The second-order valence-corrected chi connectivity index (χ2v) is 4.21. The van der Waals surface area contributed by atoms with Crippen LogP contribution in [0, 0.1) is 0 Å². The van der Waals surface area contributed by atoms with Crippen LogP contribution in [0.2, 0.25) is 5.28 Å². The lowest BCUT2D eigenvalue weighted by Gasteiger charge is -2.08. The fraction of sp³-hybridized carbons (Fsp3) is 0. The minimum absolute atomic E-state index is 0.156. The summed E-state index contributed by atoms with van der Waals surface area (Å²) in [5.74, 6) is 0. The summed E-state index contributed by atoms with van der Waals surface area (Å²) in [6.45, 7) is 0. The lowest BCUT2D eigenvalue weighted by molar-refractivity contribution is 0.964. The van der Waals surface area contributed by atoms with Gasteiger partial charge in [-0.2, -0.15) is 0 Å². The van der Waals surface area contributed by atoms with Crippen molar-refractivity contribution in [1.82, 2.24) is 9.55 Å². The lowest BCUT2D eigenvalue weighted by Crippen LogP contribution is -2.20. The number of nitrogens with zero attached hydrogens (tertiary/aromatic N) is 2. The number of halogens is 1. The number of fused-ring (bicyclic) bond motifs is 1. The molecular formula is C14H9ClN2O. The molecule has 0 aliphatic carbocycles. The zero-order valence-electron chi connectivity index (χ0n) is 9.38. The van der Waals surface area contributed by atoms with E-state index in [2.05, 4.69) is 4.98 Å². The third-order valence-electron chi connectivity index (χ3n) is 2.75. The second kappa shape index (κ2) is 4.27. The number of hydrogen-bond donors (Lipinski definition) is 0. The molecule has 4 heteroatoms. The molecule has 0 bridgehead atoms. The molecule has 0 spiro atoms. The largest absolute Gasteiger partial charge is 0.268 e. The van der Waals surface area contributed by atoms with Crippen molar-refractivity contribution < 1.29 is 0 Å². The maximum Gasteiger partial charge on any atom is 0.266 e. The minimum Gasteiger partial charge on any atom is -0.268 e. The Kier molecular flexibility index (Phi) is 2.61. The Balaban J connectivity index is 2.41. The van der Waals surface area contributed by atoms with E-state index in [-0.39, 0.29) is 10.8 Å². The molecule has 1 heterocycles. The van der Waals surface area contributed by atoms with Crippen LogP contribution in [0.3, 0.4) is 0 Å². The lowest BCUT2D eigenvalue weighted by atomic mass is 10.2. The van der Waals surface area contributed by atoms with Crippen LogP contribution in [0.1, 0.15) is 0 Å². The molecule has 0 N–H and O–H groups in total. The topological polar surface area (TPSA) is 34.9 Å². The standard InChI is InChI=1S/C14H9ClN2O/c15-14-16-12-9-5-4-8-11(12)13(18)17(14)10-6-2-1-3-7-10/h1-9H. The number of rotatable bonds is 1. The number of hydrogen-bond acceptors (Lipinski definition) is 2.